The summed E-state index contributed by atoms with van der Waals surface area (Å²) >= 11 is 1.70. The van der Waals surface area contributed by atoms with Gasteiger partial charge in [0.2, 0.25) is 0 Å². The van der Waals surface area contributed by atoms with Crippen LogP contribution in [0.3, 0.4) is 0 Å². The molecule has 0 radical (unpaired) electrons. The zero-order valence-corrected chi connectivity index (χ0v) is 14.3. The maximum atomic E-state index is 5.48. The first-order valence-electron chi connectivity index (χ1n) is 7.83. The molecule has 0 aliphatic carbocycles. The van der Waals surface area contributed by atoms with Crippen LogP contribution in [-0.4, -0.2) is 9.97 Å². The minimum atomic E-state index is 0.0394. The molecule has 1 N–H and O–H groups in total. The van der Waals surface area contributed by atoms with Crippen molar-refractivity contribution in [1.82, 2.24) is 9.97 Å². The van der Waals surface area contributed by atoms with Crippen molar-refractivity contribution in [3.8, 4) is 10.4 Å². The Morgan fingerprint density at radius 3 is 2.67 bits per heavy atom. The van der Waals surface area contributed by atoms with E-state index in [4.69, 9.17) is 4.42 Å². The third-order valence-electron chi connectivity index (χ3n) is 4.09. The molecule has 0 saturated carbocycles. The number of furan rings is 1. The van der Waals surface area contributed by atoms with E-state index in [1.165, 1.54) is 16.0 Å². The van der Waals surface area contributed by atoms with E-state index < -0.39 is 0 Å². The van der Waals surface area contributed by atoms with Crippen molar-refractivity contribution in [3.63, 3.8) is 0 Å². The number of rotatable bonds is 4. The molecule has 4 rings (SSSR count). The normalized spacial score (nSPS) is 12.4. The zero-order chi connectivity index (χ0) is 16.5. The lowest BCUT2D eigenvalue weighted by Crippen LogP contribution is -2.07. The molecule has 0 amide bonds. The van der Waals surface area contributed by atoms with Crippen LogP contribution in [0.5, 0.6) is 0 Å². The molecule has 0 saturated heterocycles. The predicted molar refractivity (Wildman–Crippen MR) is 98.3 cm³/mol. The van der Waals surface area contributed by atoms with Gasteiger partial charge < -0.3 is 9.73 Å². The highest BCUT2D eigenvalue weighted by Crippen LogP contribution is 2.40. The molecule has 120 valence electrons. The van der Waals surface area contributed by atoms with Crippen LogP contribution >= 0.6 is 11.3 Å². The third-order valence-corrected chi connectivity index (χ3v) is 5.33. The van der Waals surface area contributed by atoms with E-state index in [1.807, 2.05) is 18.2 Å². The average molecular weight is 335 g/mol. The summed E-state index contributed by atoms with van der Waals surface area (Å²) in [6.45, 7) is 4.19. The van der Waals surface area contributed by atoms with Gasteiger partial charge in [-0.25, -0.2) is 9.97 Å². The van der Waals surface area contributed by atoms with E-state index in [-0.39, 0.29) is 6.04 Å². The van der Waals surface area contributed by atoms with Crippen molar-refractivity contribution in [3.05, 3.63) is 66.4 Å². The molecule has 5 heteroatoms. The topological polar surface area (TPSA) is 51.0 Å². The van der Waals surface area contributed by atoms with Crippen LogP contribution in [0, 0.1) is 6.92 Å². The van der Waals surface area contributed by atoms with E-state index in [2.05, 4.69) is 53.4 Å². The molecule has 0 bridgehead atoms. The monoisotopic (exact) mass is 335 g/mol. The number of thiophene rings is 1. The summed E-state index contributed by atoms with van der Waals surface area (Å²) in [6.07, 6.45) is 3.30. The molecular formula is C19H17N3OS. The van der Waals surface area contributed by atoms with Gasteiger partial charge in [-0.15, -0.1) is 11.3 Å². The lowest BCUT2D eigenvalue weighted by atomic mass is 10.1. The van der Waals surface area contributed by atoms with Gasteiger partial charge in [0, 0.05) is 4.88 Å². The lowest BCUT2D eigenvalue weighted by Gasteiger charge is -2.13. The molecule has 24 heavy (non-hydrogen) atoms. The van der Waals surface area contributed by atoms with Crippen LogP contribution in [0.25, 0.3) is 20.7 Å². The average Bonchev–Trinajstić information content (AvgIpc) is 3.25. The largest absolute Gasteiger partial charge is 0.467 e. The summed E-state index contributed by atoms with van der Waals surface area (Å²) in [6, 6.07) is 14.3. The molecule has 4 nitrogen and oxygen atoms in total. The number of hydrogen-bond acceptors (Lipinski definition) is 5. The smallest absolute Gasteiger partial charge is 0.139 e. The molecule has 1 atom stereocenters. The second-order valence-electron chi connectivity index (χ2n) is 5.71. The van der Waals surface area contributed by atoms with Gasteiger partial charge >= 0.3 is 0 Å². The first-order chi connectivity index (χ1) is 11.7. The minimum Gasteiger partial charge on any atom is -0.467 e. The Labute approximate surface area is 144 Å². The fourth-order valence-corrected chi connectivity index (χ4v) is 4.01. The molecule has 3 heterocycles. The quantitative estimate of drug-likeness (QED) is 0.540. The molecule has 3 aromatic heterocycles. The van der Waals surface area contributed by atoms with Crippen LogP contribution in [0.15, 0.2) is 59.5 Å². The van der Waals surface area contributed by atoms with Crippen LogP contribution in [0.4, 0.5) is 5.82 Å². The number of hydrogen-bond donors (Lipinski definition) is 1. The van der Waals surface area contributed by atoms with Crippen molar-refractivity contribution in [2.24, 2.45) is 0 Å². The van der Waals surface area contributed by atoms with E-state index in [1.54, 1.807) is 23.9 Å². The minimum absolute atomic E-state index is 0.0394. The van der Waals surface area contributed by atoms with Crippen molar-refractivity contribution in [2.75, 3.05) is 5.32 Å². The van der Waals surface area contributed by atoms with Gasteiger partial charge in [-0.05, 0) is 37.1 Å². The second kappa shape index (κ2) is 6.09. The summed E-state index contributed by atoms with van der Waals surface area (Å²) in [5.41, 5.74) is 2.42. The van der Waals surface area contributed by atoms with E-state index in [9.17, 15) is 0 Å². The summed E-state index contributed by atoms with van der Waals surface area (Å²) in [7, 11) is 0. The summed E-state index contributed by atoms with van der Waals surface area (Å²) < 4.78 is 5.48. The zero-order valence-electron chi connectivity index (χ0n) is 13.5. The Morgan fingerprint density at radius 1 is 1.08 bits per heavy atom. The van der Waals surface area contributed by atoms with E-state index in [0.717, 1.165) is 21.8 Å². The SMILES string of the molecule is Cc1c(-c2ccccc2)sc2ncnc(N[C@@H](C)c3ccco3)c12. The van der Waals surface area contributed by atoms with Gasteiger partial charge in [-0.1, -0.05) is 30.3 Å². The van der Waals surface area contributed by atoms with Crippen LogP contribution in [0.2, 0.25) is 0 Å². The number of aromatic nitrogens is 2. The Hall–Kier alpha value is -2.66. The van der Waals surface area contributed by atoms with E-state index in [0.29, 0.717) is 0 Å². The fraction of sp³-hybridized carbons (Fsp3) is 0.158. The van der Waals surface area contributed by atoms with E-state index >= 15 is 0 Å². The predicted octanol–water partition coefficient (Wildman–Crippen LogP) is 5.43. The van der Waals surface area contributed by atoms with Crippen LogP contribution in [0.1, 0.15) is 24.3 Å². The van der Waals surface area contributed by atoms with Gasteiger partial charge in [-0.2, -0.15) is 0 Å². The Balaban J connectivity index is 1.78. The van der Waals surface area contributed by atoms with Crippen LogP contribution < -0.4 is 5.32 Å². The molecule has 0 fully saturated rings. The highest BCUT2D eigenvalue weighted by molar-refractivity contribution is 7.22. The van der Waals surface area contributed by atoms with Gasteiger partial charge in [0.15, 0.2) is 0 Å². The number of fused-ring (bicyclic) bond motifs is 1. The van der Waals surface area contributed by atoms with Gasteiger partial charge in [0.1, 0.15) is 22.7 Å². The Bertz CT molecular complexity index is 961. The molecule has 0 spiro atoms. The third kappa shape index (κ3) is 2.57. The van der Waals surface area contributed by atoms with Gasteiger partial charge in [0.05, 0.1) is 17.7 Å². The molecule has 0 unspecified atom stereocenters. The van der Waals surface area contributed by atoms with Crippen molar-refractivity contribution >= 4 is 27.4 Å². The fourth-order valence-electron chi connectivity index (χ4n) is 2.86. The van der Waals surface area contributed by atoms with Crippen molar-refractivity contribution < 1.29 is 4.42 Å². The number of benzene rings is 1. The number of anilines is 1. The number of nitrogens with zero attached hydrogens (tertiary/aromatic N) is 2. The van der Waals surface area contributed by atoms with Crippen molar-refractivity contribution in [2.45, 2.75) is 19.9 Å². The first-order valence-corrected chi connectivity index (χ1v) is 8.65. The second-order valence-corrected chi connectivity index (χ2v) is 6.71. The number of aryl methyl sites for hydroxylation is 1. The molecule has 0 aliphatic rings. The molecule has 0 aliphatic heterocycles. The first kappa shape index (κ1) is 14.9. The van der Waals surface area contributed by atoms with Gasteiger partial charge in [0.25, 0.3) is 0 Å². The lowest BCUT2D eigenvalue weighted by molar-refractivity contribution is 0.490. The van der Waals surface area contributed by atoms with Crippen LogP contribution in [-0.2, 0) is 0 Å². The standard InChI is InChI=1S/C19H17N3OS/c1-12-16-18(22-13(2)15-9-6-10-23-15)20-11-21-19(16)24-17(12)14-7-4-3-5-8-14/h3-11,13H,1-2H3,(H,20,21,22)/t13-/m0/s1. The van der Waals surface area contributed by atoms with Crippen molar-refractivity contribution in [1.29, 1.82) is 0 Å². The summed E-state index contributed by atoms with van der Waals surface area (Å²) in [4.78, 5) is 11.2. The highest BCUT2D eigenvalue weighted by Gasteiger charge is 2.17. The maximum Gasteiger partial charge on any atom is 0.139 e. The summed E-state index contributed by atoms with van der Waals surface area (Å²) in [5.74, 6) is 1.73. The maximum absolute atomic E-state index is 5.48. The summed E-state index contributed by atoms with van der Waals surface area (Å²) in [5, 5.41) is 4.54. The molecule has 4 aromatic rings. The Morgan fingerprint density at radius 2 is 1.92 bits per heavy atom. The number of nitrogens with one attached hydrogen (secondary N) is 1. The van der Waals surface area contributed by atoms with Gasteiger partial charge in [-0.3, -0.25) is 0 Å². The Kier molecular flexibility index (Phi) is 3.78. The molecular weight excluding hydrogens is 318 g/mol. The molecule has 1 aromatic carbocycles. The highest BCUT2D eigenvalue weighted by atomic mass is 32.1.